The number of anilines is 2. The second kappa shape index (κ2) is 11.4. The monoisotopic (exact) mass is 559 g/mol. The van der Waals surface area contributed by atoms with E-state index in [4.69, 9.17) is 0 Å². The highest BCUT2D eigenvalue weighted by atomic mass is 32.1. The van der Waals surface area contributed by atoms with E-state index in [9.17, 15) is 0 Å². The number of fused-ring (bicyclic) bond motifs is 5. The van der Waals surface area contributed by atoms with Crippen LogP contribution in [0.5, 0.6) is 0 Å². The molecule has 7 aromatic rings. The minimum atomic E-state index is 0.941. The quantitative estimate of drug-likeness (QED) is 0.148. The van der Waals surface area contributed by atoms with Crippen LogP contribution in [-0.2, 0) is 0 Å². The van der Waals surface area contributed by atoms with Crippen molar-refractivity contribution in [3.63, 3.8) is 0 Å². The van der Waals surface area contributed by atoms with Crippen LogP contribution >= 0.6 is 11.3 Å². The molecule has 2 aromatic heterocycles. The predicted molar refractivity (Wildman–Crippen MR) is 184 cm³/mol. The summed E-state index contributed by atoms with van der Waals surface area (Å²) in [6.07, 6.45) is 9.74. The molecule has 0 atom stereocenters. The average molecular weight is 560 g/mol. The minimum absolute atomic E-state index is 0.941. The van der Waals surface area contributed by atoms with Crippen LogP contribution in [0.1, 0.15) is 6.92 Å². The van der Waals surface area contributed by atoms with E-state index >= 15 is 0 Å². The molecule has 7 rings (SSSR count). The second-order valence-corrected chi connectivity index (χ2v) is 11.2. The van der Waals surface area contributed by atoms with Gasteiger partial charge >= 0.3 is 0 Å². The molecule has 202 valence electrons. The van der Waals surface area contributed by atoms with Crippen LogP contribution in [0.4, 0.5) is 17.1 Å². The number of hydrogen-bond acceptors (Lipinski definition) is 3. The fourth-order valence-corrected chi connectivity index (χ4v) is 6.56. The molecule has 0 aliphatic rings. The van der Waals surface area contributed by atoms with Gasteiger partial charge in [0.15, 0.2) is 0 Å². The van der Waals surface area contributed by atoms with E-state index in [0.29, 0.717) is 0 Å². The smallest absolute Gasteiger partial charge is 0.0707 e. The Labute approximate surface area is 249 Å². The van der Waals surface area contributed by atoms with Crippen molar-refractivity contribution in [2.45, 2.75) is 6.92 Å². The van der Waals surface area contributed by atoms with Crippen LogP contribution in [-0.4, -0.2) is 11.2 Å². The maximum Gasteiger partial charge on any atom is 0.0707 e. The van der Waals surface area contributed by atoms with Gasteiger partial charge in [0.05, 0.1) is 15.9 Å². The van der Waals surface area contributed by atoms with E-state index in [1.807, 2.05) is 60.9 Å². The third kappa shape index (κ3) is 5.05. The van der Waals surface area contributed by atoms with E-state index in [1.165, 1.54) is 42.3 Å². The summed E-state index contributed by atoms with van der Waals surface area (Å²) in [5, 5.41) is 6.16. The zero-order valence-corrected chi connectivity index (χ0v) is 24.0. The standard InChI is InChI=1S/C38H29N3S/c1-2-3-4-9-23-39-34-15-7-5-13-31(34)28-11-10-12-30(24-28)40-29-20-17-26(18-21-29)27-19-22-35-33(25-27)38-37(41-35)32-14-6-8-16-36(32)42-38/h2-25,40-41H,1H3/b3-2-,9-4-,39-23?. The van der Waals surface area contributed by atoms with Gasteiger partial charge in [-0.2, -0.15) is 0 Å². The molecule has 0 amide bonds. The van der Waals surface area contributed by atoms with Crippen molar-refractivity contribution in [3.05, 3.63) is 140 Å². The summed E-state index contributed by atoms with van der Waals surface area (Å²) >= 11 is 1.86. The molecule has 5 aromatic carbocycles. The second-order valence-electron chi connectivity index (χ2n) is 10.2. The van der Waals surface area contributed by atoms with Crippen LogP contribution in [0.25, 0.3) is 53.5 Å². The topological polar surface area (TPSA) is 40.2 Å². The Balaban J connectivity index is 1.13. The molecule has 0 saturated heterocycles. The number of para-hydroxylation sites is 1. The zero-order chi connectivity index (χ0) is 28.3. The van der Waals surface area contributed by atoms with Crippen molar-refractivity contribution in [2.24, 2.45) is 4.99 Å². The van der Waals surface area contributed by atoms with Gasteiger partial charge in [-0.25, -0.2) is 0 Å². The number of aromatic amines is 1. The van der Waals surface area contributed by atoms with Crippen LogP contribution in [0.15, 0.2) is 145 Å². The van der Waals surface area contributed by atoms with Crippen molar-refractivity contribution in [3.8, 4) is 22.3 Å². The first-order chi connectivity index (χ1) is 20.8. The molecular formula is C38H29N3S. The summed E-state index contributed by atoms with van der Waals surface area (Å²) in [5.41, 5.74) is 10.1. The number of aromatic nitrogens is 1. The van der Waals surface area contributed by atoms with E-state index in [1.54, 1.807) is 0 Å². The molecule has 3 nitrogen and oxygen atoms in total. The largest absolute Gasteiger partial charge is 0.356 e. The summed E-state index contributed by atoms with van der Waals surface area (Å²) < 4.78 is 2.64. The Bertz CT molecular complexity index is 2120. The summed E-state index contributed by atoms with van der Waals surface area (Å²) in [6.45, 7) is 2.00. The van der Waals surface area contributed by atoms with Gasteiger partial charge in [0.2, 0.25) is 0 Å². The Morgan fingerprint density at radius 3 is 2.40 bits per heavy atom. The average Bonchev–Trinajstić information content (AvgIpc) is 3.58. The lowest BCUT2D eigenvalue weighted by atomic mass is 10.0. The fourth-order valence-electron chi connectivity index (χ4n) is 5.37. The van der Waals surface area contributed by atoms with Crippen LogP contribution in [0.3, 0.4) is 0 Å². The summed E-state index contributed by atoms with van der Waals surface area (Å²) in [7, 11) is 0. The molecule has 0 aliphatic carbocycles. The van der Waals surface area contributed by atoms with E-state index < -0.39 is 0 Å². The Hall–Kier alpha value is -5.19. The van der Waals surface area contributed by atoms with E-state index in [0.717, 1.165) is 28.2 Å². The summed E-state index contributed by atoms with van der Waals surface area (Å²) in [6, 6.07) is 40.7. The summed E-state index contributed by atoms with van der Waals surface area (Å²) in [4.78, 5) is 8.32. The molecule has 0 spiro atoms. The molecule has 0 fully saturated rings. The number of aliphatic imine (C=N–C) groups is 1. The molecular weight excluding hydrogens is 531 g/mol. The molecule has 2 N–H and O–H groups in total. The molecule has 0 bridgehead atoms. The molecule has 42 heavy (non-hydrogen) atoms. The van der Waals surface area contributed by atoms with E-state index in [2.05, 4.69) is 118 Å². The van der Waals surface area contributed by atoms with Gasteiger partial charge in [0, 0.05) is 44.1 Å². The number of thiophene rings is 1. The van der Waals surface area contributed by atoms with Crippen molar-refractivity contribution >= 4 is 65.8 Å². The number of nitrogens with one attached hydrogen (secondary N) is 2. The van der Waals surface area contributed by atoms with Crippen LogP contribution in [0.2, 0.25) is 0 Å². The van der Waals surface area contributed by atoms with Crippen LogP contribution < -0.4 is 5.32 Å². The first kappa shape index (κ1) is 25.8. The highest BCUT2D eigenvalue weighted by Gasteiger charge is 2.12. The maximum atomic E-state index is 4.68. The van der Waals surface area contributed by atoms with Gasteiger partial charge in [-0.3, -0.25) is 4.99 Å². The molecule has 0 aliphatic heterocycles. The zero-order valence-electron chi connectivity index (χ0n) is 23.2. The van der Waals surface area contributed by atoms with Gasteiger partial charge in [0.25, 0.3) is 0 Å². The number of allylic oxidation sites excluding steroid dienone is 4. The predicted octanol–water partition coefficient (Wildman–Crippen LogP) is 11.4. The molecule has 0 saturated carbocycles. The molecule has 2 heterocycles. The molecule has 0 radical (unpaired) electrons. The van der Waals surface area contributed by atoms with Gasteiger partial charge in [-0.1, -0.05) is 85.0 Å². The Morgan fingerprint density at radius 2 is 1.50 bits per heavy atom. The van der Waals surface area contributed by atoms with Gasteiger partial charge in [-0.05, 0) is 78.2 Å². The Morgan fingerprint density at radius 1 is 0.667 bits per heavy atom. The molecule has 0 unspecified atom stereocenters. The lowest BCUT2D eigenvalue weighted by Gasteiger charge is -2.11. The SMILES string of the molecule is C/C=C\C=C/C=Nc1ccccc1-c1cccc(Nc2ccc(-c3ccc4[nH]c5c6ccccc6sc5c4c3)cc2)c1. The van der Waals surface area contributed by atoms with Gasteiger partial charge in [0.1, 0.15) is 0 Å². The summed E-state index contributed by atoms with van der Waals surface area (Å²) in [5.74, 6) is 0. The Kier molecular flexibility index (Phi) is 6.97. The molecule has 4 heteroatoms. The number of rotatable bonds is 7. The van der Waals surface area contributed by atoms with Crippen molar-refractivity contribution in [1.29, 1.82) is 0 Å². The number of nitrogens with zero attached hydrogens (tertiary/aromatic N) is 1. The van der Waals surface area contributed by atoms with Crippen molar-refractivity contribution < 1.29 is 0 Å². The number of hydrogen-bond donors (Lipinski definition) is 2. The third-order valence-corrected chi connectivity index (χ3v) is 8.62. The number of H-pyrrole nitrogens is 1. The lowest BCUT2D eigenvalue weighted by Crippen LogP contribution is -1.91. The normalized spacial score (nSPS) is 12.1. The van der Waals surface area contributed by atoms with Gasteiger partial charge < -0.3 is 10.3 Å². The highest BCUT2D eigenvalue weighted by Crippen LogP contribution is 2.40. The maximum absolute atomic E-state index is 4.68. The number of benzene rings is 5. The van der Waals surface area contributed by atoms with Crippen molar-refractivity contribution in [2.75, 3.05) is 5.32 Å². The first-order valence-electron chi connectivity index (χ1n) is 14.1. The lowest BCUT2D eigenvalue weighted by molar-refractivity contribution is 1.50. The minimum Gasteiger partial charge on any atom is -0.356 e. The third-order valence-electron chi connectivity index (χ3n) is 7.42. The van der Waals surface area contributed by atoms with Crippen molar-refractivity contribution in [1.82, 2.24) is 4.98 Å². The van der Waals surface area contributed by atoms with Crippen LogP contribution in [0, 0.1) is 0 Å². The fraction of sp³-hybridized carbons (Fsp3) is 0.0263. The highest BCUT2D eigenvalue weighted by molar-refractivity contribution is 7.26. The van der Waals surface area contributed by atoms with E-state index in [-0.39, 0.29) is 0 Å². The van der Waals surface area contributed by atoms with Gasteiger partial charge in [-0.15, -0.1) is 11.3 Å². The first-order valence-corrected chi connectivity index (χ1v) is 14.9.